The Bertz CT molecular complexity index is 739. The predicted octanol–water partition coefficient (Wildman–Crippen LogP) is 1.53. The monoisotopic (exact) mass is 281 g/mol. The van der Waals surface area contributed by atoms with E-state index in [0.717, 1.165) is 43.0 Å². The van der Waals surface area contributed by atoms with Gasteiger partial charge in [0, 0.05) is 30.9 Å². The van der Waals surface area contributed by atoms with E-state index in [-0.39, 0.29) is 0 Å². The third-order valence-corrected chi connectivity index (χ3v) is 3.95. The van der Waals surface area contributed by atoms with Gasteiger partial charge in [0.15, 0.2) is 11.5 Å². The lowest BCUT2D eigenvalue weighted by molar-refractivity contribution is 0.498. The van der Waals surface area contributed by atoms with Gasteiger partial charge in [0.2, 0.25) is 0 Å². The highest BCUT2D eigenvalue weighted by Crippen LogP contribution is 2.29. The molecule has 1 atom stereocenters. The van der Waals surface area contributed by atoms with Gasteiger partial charge in [0.25, 0.3) is 0 Å². The highest BCUT2D eigenvalue weighted by atomic mass is 15.2. The zero-order chi connectivity index (χ0) is 14.1. The molecule has 1 fully saturated rings. The van der Waals surface area contributed by atoms with E-state index in [9.17, 15) is 0 Å². The van der Waals surface area contributed by atoms with E-state index >= 15 is 0 Å². The summed E-state index contributed by atoms with van der Waals surface area (Å²) in [5.41, 5.74) is 2.72. The molecule has 0 aromatic carbocycles. The summed E-state index contributed by atoms with van der Waals surface area (Å²) in [5.74, 6) is 1.34. The molecule has 1 N–H and O–H groups in total. The molecule has 0 radical (unpaired) electrons. The van der Waals surface area contributed by atoms with E-state index in [1.54, 1.807) is 25.2 Å². The first-order valence-electron chi connectivity index (χ1n) is 7.07. The van der Waals surface area contributed by atoms with Gasteiger partial charge in [-0.1, -0.05) is 0 Å². The van der Waals surface area contributed by atoms with Crippen LogP contribution in [-0.2, 0) is 0 Å². The number of aromatic amines is 1. The van der Waals surface area contributed by atoms with Gasteiger partial charge in [-0.05, 0) is 18.9 Å². The highest BCUT2D eigenvalue weighted by Gasteiger charge is 2.24. The number of H-pyrrole nitrogens is 1. The van der Waals surface area contributed by atoms with Crippen molar-refractivity contribution in [2.45, 2.75) is 18.8 Å². The number of nitrogens with zero attached hydrogens (tertiary/aromatic N) is 6. The van der Waals surface area contributed by atoms with Gasteiger partial charge in [0.05, 0.1) is 6.33 Å². The molecule has 4 rings (SSSR count). The summed E-state index contributed by atoms with van der Waals surface area (Å²) < 4.78 is 0. The van der Waals surface area contributed by atoms with Crippen LogP contribution in [0.5, 0.6) is 0 Å². The Morgan fingerprint density at radius 2 is 2.14 bits per heavy atom. The molecule has 7 nitrogen and oxygen atoms in total. The second-order valence-electron chi connectivity index (χ2n) is 5.22. The number of rotatable bonds is 2. The zero-order valence-corrected chi connectivity index (χ0v) is 11.5. The Hall–Kier alpha value is -2.57. The number of nitrogens with one attached hydrogen (secondary N) is 1. The Morgan fingerprint density at radius 1 is 1.14 bits per heavy atom. The molecule has 3 aromatic heterocycles. The number of hydrogen-bond donors (Lipinski definition) is 1. The summed E-state index contributed by atoms with van der Waals surface area (Å²) in [4.78, 5) is 26.6. The van der Waals surface area contributed by atoms with Crippen LogP contribution < -0.4 is 4.90 Å². The predicted molar refractivity (Wildman–Crippen MR) is 77.9 cm³/mol. The van der Waals surface area contributed by atoms with Crippen molar-refractivity contribution < 1.29 is 0 Å². The van der Waals surface area contributed by atoms with Crippen LogP contribution >= 0.6 is 0 Å². The zero-order valence-electron chi connectivity index (χ0n) is 11.5. The molecule has 0 saturated carbocycles. The maximum atomic E-state index is 4.44. The van der Waals surface area contributed by atoms with Gasteiger partial charge in [0.1, 0.15) is 18.2 Å². The van der Waals surface area contributed by atoms with Crippen LogP contribution in [0.1, 0.15) is 24.5 Å². The number of aromatic nitrogens is 6. The van der Waals surface area contributed by atoms with Gasteiger partial charge < -0.3 is 9.88 Å². The summed E-state index contributed by atoms with van der Waals surface area (Å²) >= 11 is 0. The van der Waals surface area contributed by atoms with Gasteiger partial charge in [-0.3, -0.25) is 0 Å². The molecule has 106 valence electrons. The van der Waals surface area contributed by atoms with Crippen LogP contribution in [-0.4, -0.2) is 43.0 Å². The molecule has 3 aromatic rings. The number of imidazole rings is 1. The van der Waals surface area contributed by atoms with Crippen LogP contribution in [0.25, 0.3) is 11.2 Å². The van der Waals surface area contributed by atoms with Gasteiger partial charge in [-0.2, -0.15) is 0 Å². The summed E-state index contributed by atoms with van der Waals surface area (Å²) in [7, 11) is 0. The van der Waals surface area contributed by atoms with Gasteiger partial charge in [-0.25, -0.2) is 24.9 Å². The van der Waals surface area contributed by atoms with Crippen molar-refractivity contribution in [1.29, 1.82) is 0 Å². The molecule has 1 saturated heterocycles. The lowest BCUT2D eigenvalue weighted by Crippen LogP contribution is -2.35. The lowest BCUT2D eigenvalue weighted by atomic mass is 9.94. The Labute approximate surface area is 121 Å². The molecular formula is C14H15N7. The fourth-order valence-corrected chi connectivity index (χ4v) is 2.95. The quantitative estimate of drug-likeness (QED) is 0.767. The minimum atomic E-state index is 0.412. The van der Waals surface area contributed by atoms with Crippen molar-refractivity contribution >= 4 is 17.0 Å². The van der Waals surface area contributed by atoms with E-state index < -0.39 is 0 Å². The lowest BCUT2D eigenvalue weighted by Gasteiger charge is -2.33. The van der Waals surface area contributed by atoms with Crippen LogP contribution in [0.3, 0.4) is 0 Å². The fourth-order valence-electron chi connectivity index (χ4n) is 2.95. The summed E-state index contributed by atoms with van der Waals surface area (Å²) in [6, 6.07) is 2.00. The first-order chi connectivity index (χ1) is 10.4. The van der Waals surface area contributed by atoms with E-state index in [1.165, 1.54) is 0 Å². The van der Waals surface area contributed by atoms with Crippen molar-refractivity contribution in [2.24, 2.45) is 0 Å². The van der Waals surface area contributed by atoms with Crippen molar-refractivity contribution in [3.05, 3.63) is 36.9 Å². The maximum absolute atomic E-state index is 4.44. The molecule has 0 spiro atoms. The van der Waals surface area contributed by atoms with Crippen LogP contribution in [0.2, 0.25) is 0 Å². The number of anilines is 1. The molecule has 1 unspecified atom stereocenters. The summed E-state index contributed by atoms with van der Waals surface area (Å²) in [5, 5.41) is 0. The Balaban J connectivity index is 1.65. The highest BCUT2D eigenvalue weighted by molar-refractivity contribution is 5.82. The molecule has 0 aliphatic carbocycles. The van der Waals surface area contributed by atoms with Gasteiger partial charge >= 0.3 is 0 Å². The first kappa shape index (κ1) is 12.2. The van der Waals surface area contributed by atoms with Gasteiger partial charge in [-0.15, -0.1) is 0 Å². The van der Waals surface area contributed by atoms with E-state index in [4.69, 9.17) is 0 Å². The number of hydrogen-bond acceptors (Lipinski definition) is 6. The van der Waals surface area contributed by atoms with Crippen LogP contribution in [0.15, 0.2) is 31.2 Å². The maximum Gasteiger partial charge on any atom is 0.182 e. The molecule has 4 heterocycles. The topological polar surface area (TPSA) is 83.5 Å². The number of fused-ring (bicyclic) bond motifs is 1. The smallest absolute Gasteiger partial charge is 0.182 e. The molecule has 0 bridgehead atoms. The summed E-state index contributed by atoms with van der Waals surface area (Å²) in [6.07, 6.45) is 8.92. The molecule has 0 amide bonds. The first-order valence-corrected chi connectivity index (χ1v) is 7.07. The minimum absolute atomic E-state index is 0.412. The molecule has 7 heteroatoms. The average molecular weight is 281 g/mol. The third kappa shape index (κ3) is 2.20. The molecule has 1 aliphatic rings. The van der Waals surface area contributed by atoms with Crippen molar-refractivity contribution in [3.63, 3.8) is 0 Å². The Kier molecular flexibility index (Phi) is 2.95. The van der Waals surface area contributed by atoms with Crippen molar-refractivity contribution in [1.82, 2.24) is 29.9 Å². The van der Waals surface area contributed by atoms with E-state index in [0.29, 0.717) is 11.6 Å². The average Bonchev–Trinajstić information content (AvgIpc) is 3.04. The minimum Gasteiger partial charge on any atom is -0.354 e. The SMILES string of the molecule is c1cc(C2CCCN(c3ncnc4nc[nH]c34)C2)ncn1. The molecular weight excluding hydrogens is 266 g/mol. The number of piperidine rings is 1. The second kappa shape index (κ2) is 5.08. The van der Waals surface area contributed by atoms with Crippen molar-refractivity contribution in [2.75, 3.05) is 18.0 Å². The fraction of sp³-hybridized carbons (Fsp3) is 0.357. The normalized spacial score (nSPS) is 19.0. The van der Waals surface area contributed by atoms with E-state index in [1.807, 2.05) is 6.07 Å². The standard InChI is InChI=1S/C14H15N7/c1-2-10(11-3-4-15-7-16-11)6-21(5-1)14-12-13(18-8-17-12)19-9-20-14/h3-4,7-10H,1-2,5-6H2,(H,17,18,19,20). The summed E-state index contributed by atoms with van der Waals surface area (Å²) in [6.45, 7) is 1.90. The Morgan fingerprint density at radius 3 is 3.05 bits per heavy atom. The largest absolute Gasteiger partial charge is 0.354 e. The van der Waals surface area contributed by atoms with E-state index in [2.05, 4.69) is 34.8 Å². The third-order valence-electron chi connectivity index (χ3n) is 3.95. The molecule has 1 aliphatic heterocycles. The second-order valence-corrected chi connectivity index (χ2v) is 5.22. The van der Waals surface area contributed by atoms with Crippen LogP contribution in [0.4, 0.5) is 5.82 Å². The molecule has 21 heavy (non-hydrogen) atoms. The van der Waals surface area contributed by atoms with Crippen molar-refractivity contribution in [3.8, 4) is 0 Å². The van der Waals surface area contributed by atoms with Crippen LogP contribution in [0, 0.1) is 0 Å².